The molecule has 0 radical (unpaired) electrons. The van der Waals surface area contributed by atoms with E-state index in [0.717, 1.165) is 32.1 Å². The fraction of sp³-hybridized carbons (Fsp3) is 0.870. The molecule has 30 heavy (non-hydrogen) atoms. The lowest BCUT2D eigenvalue weighted by Gasteiger charge is -2.44. The van der Waals surface area contributed by atoms with Gasteiger partial charge in [-0.2, -0.15) is 0 Å². The Morgan fingerprint density at radius 2 is 1.10 bits per heavy atom. The zero-order valence-corrected chi connectivity index (χ0v) is 19.4. The Morgan fingerprint density at radius 3 is 1.47 bits per heavy atom. The van der Waals surface area contributed by atoms with Gasteiger partial charge < -0.3 is 24.6 Å². The van der Waals surface area contributed by atoms with Crippen molar-refractivity contribution in [3.05, 3.63) is 0 Å². The summed E-state index contributed by atoms with van der Waals surface area (Å²) in [7, 11) is 0. The highest BCUT2D eigenvalue weighted by molar-refractivity contribution is 5.70. The normalized spacial score (nSPS) is 16.4. The van der Waals surface area contributed by atoms with E-state index >= 15 is 0 Å². The van der Waals surface area contributed by atoms with Crippen LogP contribution in [0.25, 0.3) is 0 Å². The maximum atomic E-state index is 11.8. The zero-order valence-electron chi connectivity index (χ0n) is 19.4. The van der Waals surface area contributed by atoms with E-state index in [0.29, 0.717) is 25.8 Å². The monoisotopic (exact) mass is 429 g/mol. The number of carboxylic acids is 3. The van der Waals surface area contributed by atoms with Crippen LogP contribution in [0, 0.1) is 17.8 Å². The van der Waals surface area contributed by atoms with Crippen LogP contribution in [0.15, 0.2) is 0 Å². The van der Waals surface area contributed by atoms with Crippen molar-refractivity contribution < 1.29 is 34.2 Å². The summed E-state index contributed by atoms with van der Waals surface area (Å²) in [6.07, 6.45) is 7.61. The van der Waals surface area contributed by atoms with Crippen LogP contribution in [-0.2, 0) is 14.4 Å². The molecule has 3 unspecified atom stereocenters. The van der Waals surface area contributed by atoms with Crippen molar-refractivity contribution in [2.45, 2.75) is 85.5 Å². The molecule has 0 saturated heterocycles. The number of quaternary nitrogens is 1. The molecule has 0 aliphatic carbocycles. The number of hydrogen-bond acceptors (Lipinski definition) is 4. The van der Waals surface area contributed by atoms with E-state index in [1.807, 2.05) is 13.8 Å². The Morgan fingerprint density at radius 1 is 0.700 bits per heavy atom. The van der Waals surface area contributed by atoms with Gasteiger partial charge in [-0.1, -0.05) is 53.4 Å². The average molecular weight is 430 g/mol. The van der Waals surface area contributed by atoms with Crippen molar-refractivity contribution in [1.82, 2.24) is 0 Å². The van der Waals surface area contributed by atoms with Crippen LogP contribution in [0.2, 0.25) is 0 Å². The number of carboxylic acid groups (broad SMARTS) is 3. The molecule has 0 aromatic carbocycles. The molecule has 0 rings (SSSR count). The molecular weight excluding hydrogens is 386 g/mol. The summed E-state index contributed by atoms with van der Waals surface area (Å²) in [5, 5.41) is 31.0. The van der Waals surface area contributed by atoms with E-state index in [4.69, 9.17) is 0 Å². The molecule has 176 valence electrons. The molecule has 0 bridgehead atoms. The van der Waals surface area contributed by atoms with Gasteiger partial charge in [0.2, 0.25) is 0 Å². The van der Waals surface area contributed by atoms with Crippen LogP contribution in [0.4, 0.5) is 0 Å². The quantitative estimate of drug-likeness (QED) is 0.241. The van der Waals surface area contributed by atoms with Gasteiger partial charge in [-0.15, -0.1) is 0 Å². The Hall–Kier alpha value is -1.63. The van der Waals surface area contributed by atoms with E-state index in [1.54, 1.807) is 6.92 Å². The second-order valence-electron chi connectivity index (χ2n) is 8.69. The van der Waals surface area contributed by atoms with E-state index in [-0.39, 0.29) is 24.1 Å². The number of nitrogens with zero attached hydrogens (tertiary/aromatic N) is 1. The molecule has 0 heterocycles. The van der Waals surface area contributed by atoms with Crippen LogP contribution >= 0.6 is 0 Å². The third-order valence-electron chi connectivity index (χ3n) is 6.32. The highest BCUT2D eigenvalue weighted by atomic mass is 16.4. The Labute approximate surface area is 182 Å². The number of hydrogen-bond donors (Lipinski definition) is 2. The fourth-order valence-corrected chi connectivity index (χ4v) is 4.26. The predicted molar refractivity (Wildman–Crippen MR) is 115 cm³/mol. The molecule has 2 N–H and O–H groups in total. The first-order valence-electron chi connectivity index (χ1n) is 11.7. The molecule has 0 saturated carbocycles. The van der Waals surface area contributed by atoms with Gasteiger partial charge in [-0.25, -0.2) is 0 Å². The highest BCUT2D eigenvalue weighted by Crippen LogP contribution is 2.25. The summed E-state index contributed by atoms with van der Waals surface area (Å²) in [6.45, 7) is 8.89. The predicted octanol–water partition coefficient (Wildman–Crippen LogP) is 3.16. The number of unbranched alkanes of at least 4 members (excludes halogenated alkanes) is 5. The van der Waals surface area contributed by atoms with E-state index in [9.17, 15) is 29.7 Å². The molecule has 0 aliphatic rings. The molecule has 0 spiro atoms. The molecule has 0 amide bonds. The first-order chi connectivity index (χ1) is 14.2. The first-order valence-corrected chi connectivity index (χ1v) is 11.7. The van der Waals surface area contributed by atoms with Crippen LogP contribution in [-0.4, -0.2) is 58.8 Å². The summed E-state index contributed by atoms with van der Waals surface area (Å²) >= 11 is 0. The Bertz CT molecular complexity index is 462. The minimum Gasteiger partial charge on any atom is -0.550 e. The summed E-state index contributed by atoms with van der Waals surface area (Å²) in [5.74, 6) is -4.94. The van der Waals surface area contributed by atoms with Gasteiger partial charge in [0.15, 0.2) is 0 Å². The maximum Gasteiger partial charge on any atom is 0.312 e. The van der Waals surface area contributed by atoms with Gasteiger partial charge in [0.05, 0.1) is 32.1 Å². The molecule has 0 aliphatic heterocycles. The molecule has 3 atom stereocenters. The molecule has 7 nitrogen and oxygen atoms in total. The van der Waals surface area contributed by atoms with E-state index in [2.05, 4.69) is 6.92 Å². The molecular formula is C23H43NO6. The van der Waals surface area contributed by atoms with Crippen LogP contribution in [0.5, 0.6) is 0 Å². The van der Waals surface area contributed by atoms with Crippen LogP contribution < -0.4 is 5.11 Å². The number of aliphatic carboxylic acids is 3. The third kappa shape index (κ3) is 10.4. The highest BCUT2D eigenvalue weighted by Gasteiger charge is 2.39. The number of rotatable bonds is 19. The van der Waals surface area contributed by atoms with Gasteiger partial charge >= 0.3 is 11.9 Å². The topological polar surface area (TPSA) is 115 Å². The van der Waals surface area contributed by atoms with Crippen molar-refractivity contribution >= 4 is 17.9 Å². The molecule has 0 aromatic heterocycles. The fourth-order valence-electron chi connectivity index (χ4n) is 4.26. The van der Waals surface area contributed by atoms with Gasteiger partial charge in [0, 0.05) is 5.92 Å². The minimum atomic E-state index is -1.14. The smallest absolute Gasteiger partial charge is 0.312 e. The van der Waals surface area contributed by atoms with Gasteiger partial charge in [-0.05, 0) is 32.1 Å². The maximum absolute atomic E-state index is 11.8. The van der Waals surface area contributed by atoms with Crippen molar-refractivity contribution in [3.8, 4) is 0 Å². The van der Waals surface area contributed by atoms with Crippen LogP contribution in [0.3, 0.4) is 0 Å². The molecule has 0 fully saturated rings. The van der Waals surface area contributed by atoms with Gasteiger partial charge in [-0.3, -0.25) is 9.59 Å². The zero-order chi connectivity index (χ0) is 23.2. The SMILES string of the molecule is CCCCCCCC[N+](CC(CC)C(=O)[O-])(CC(CC)C(=O)O)CC(CC)C(=O)O. The summed E-state index contributed by atoms with van der Waals surface area (Å²) < 4.78 is 0.218. The Balaban J connectivity index is 5.79. The van der Waals surface area contributed by atoms with Crippen molar-refractivity contribution in [2.24, 2.45) is 17.8 Å². The minimum absolute atomic E-state index is 0.218. The van der Waals surface area contributed by atoms with Crippen molar-refractivity contribution in [2.75, 3.05) is 26.2 Å². The second-order valence-corrected chi connectivity index (χ2v) is 8.69. The lowest BCUT2D eigenvalue weighted by atomic mass is 9.95. The van der Waals surface area contributed by atoms with Crippen LogP contribution in [0.1, 0.15) is 85.5 Å². The molecule has 0 aromatic rings. The van der Waals surface area contributed by atoms with Gasteiger partial charge in [0.25, 0.3) is 0 Å². The van der Waals surface area contributed by atoms with E-state index in [1.165, 1.54) is 6.42 Å². The standard InChI is InChI=1S/C23H43NO6/c1-5-9-10-11-12-13-14-24(15-18(6-2)21(25)26,16-19(7-3)22(27)28)17-20(8-4)23(29)30/h18-20H,5-17H2,1-4H3,(H2-,25,26,27,28,29,30). The van der Waals surface area contributed by atoms with Crippen molar-refractivity contribution in [1.29, 1.82) is 0 Å². The average Bonchev–Trinajstić information content (AvgIpc) is 2.70. The van der Waals surface area contributed by atoms with Crippen molar-refractivity contribution in [3.63, 3.8) is 0 Å². The summed E-state index contributed by atoms with van der Waals surface area (Å²) in [5.41, 5.74) is 0. The summed E-state index contributed by atoms with van der Waals surface area (Å²) in [4.78, 5) is 35.2. The van der Waals surface area contributed by atoms with Gasteiger partial charge in [0.1, 0.15) is 11.8 Å². The van der Waals surface area contributed by atoms with E-state index < -0.39 is 35.7 Å². The Kier molecular flexibility index (Phi) is 14.4. The lowest BCUT2D eigenvalue weighted by Crippen LogP contribution is -2.59. The number of carbonyl (C=O) groups excluding carboxylic acids is 1. The largest absolute Gasteiger partial charge is 0.550 e. The molecule has 7 heteroatoms. The first kappa shape index (κ1) is 28.4. The summed E-state index contributed by atoms with van der Waals surface area (Å²) in [6, 6.07) is 0. The third-order valence-corrected chi connectivity index (χ3v) is 6.32. The number of carbonyl (C=O) groups is 3. The second kappa shape index (κ2) is 15.2. The lowest BCUT2D eigenvalue weighted by molar-refractivity contribution is -0.935.